The van der Waals surface area contributed by atoms with Crippen LogP contribution in [0.25, 0.3) is 0 Å². The number of nitrogens with zero attached hydrogens (tertiary/aromatic N) is 1. The molecule has 0 spiro atoms. The normalized spacial score (nSPS) is 12.0. The molecule has 0 fully saturated rings. The van der Waals surface area contributed by atoms with Crippen LogP contribution >= 0.6 is 15.9 Å². The molecule has 116 valence electrons. The zero-order valence-corrected chi connectivity index (χ0v) is 14.2. The lowest BCUT2D eigenvalue weighted by atomic mass is 10.1. The largest absolute Gasteiger partial charge is 0.341 e. The zero-order chi connectivity index (χ0) is 15.8. The molecule has 1 unspecified atom stereocenters. The van der Waals surface area contributed by atoms with Gasteiger partial charge in [-0.25, -0.2) is 4.79 Å². The van der Waals surface area contributed by atoms with Crippen molar-refractivity contribution in [1.82, 2.24) is 15.5 Å². The predicted molar refractivity (Wildman–Crippen MR) is 87.0 cm³/mol. The first-order chi connectivity index (χ1) is 9.99. The second-order valence-electron chi connectivity index (χ2n) is 4.80. The fourth-order valence-electron chi connectivity index (χ4n) is 2.12. The summed E-state index contributed by atoms with van der Waals surface area (Å²) < 4.78 is 1.02. The van der Waals surface area contributed by atoms with Gasteiger partial charge >= 0.3 is 6.03 Å². The molecule has 21 heavy (non-hydrogen) atoms. The van der Waals surface area contributed by atoms with E-state index in [1.807, 2.05) is 24.3 Å². The van der Waals surface area contributed by atoms with Crippen LogP contribution in [0.5, 0.6) is 0 Å². The minimum atomic E-state index is -0.481. The molecular formula is C15H22BrN3O2. The van der Waals surface area contributed by atoms with Crippen LogP contribution in [0.3, 0.4) is 0 Å². The molecule has 2 N–H and O–H groups in total. The molecule has 0 aliphatic heterocycles. The highest BCUT2D eigenvalue weighted by atomic mass is 79.9. The minimum absolute atomic E-state index is 0.0796. The first-order valence-electron chi connectivity index (χ1n) is 6.99. The molecule has 1 rings (SSSR count). The van der Waals surface area contributed by atoms with Crippen LogP contribution in [0.15, 0.2) is 28.7 Å². The van der Waals surface area contributed by atoms with E-state index in [0.29, 0.717) is 0 Å². The van der Waals surface area contributed by atoms with Crippen molar-refractivity contribution in [2.24, 2.45) is 0 Å². The van der Waals surface area contributed by atoms with Crippen LogP contribution in [-0.2, 0) is 4.79 Å². The van der Waals surface area contributed by atoms with Gasteiger partial charge in [0.05, 0.1) is 6.54 Å². The van der Waals surface area contributed by atoms with Crippen molar-refractivity contribution in [3.05, 3.63) is 34.3 Å². The average Bonchev–Trinajstić information content (AvgIpc) is 2.46. The fraction of sp³-hybridized carbons (Fsp3) is 0.467. The van der Waals surface area contributed by atoms with Gasteiger partial charge < -0.3 is 5.32 Å². The molecular weight excluding hydrogens is 334 g/mol. The van der Waals surface area contributed by atoms with Crippen molar-refractivity contribution in [2.45, 2.75) is 26.3 Å². The molecule has 1 aromatic rings. The smallest absolute Gasteiger partial charge is 0.321 e. The first kappa shape index (κ1) is 17.7. The van der Waals surface area contributed by atoms with Gasteiger partial charge in [0.1, 0.15) is 0 Å². The number of nitrogens with one attached hydrogen (secondary N) is 2. The summed E-state index contributed by atoms with van der Waals surface area (Å²) in [5.41, 5.74) is 1.12. The summed E-state index contributed by atoms with van der Waals surface area (Å²) in [6.45, 7) is 5.09. The first-order valence-corrected chi connectivity index (χ1v) is 7.78. The molecule has 0 aliphatic rings. The lowest BCUT2D eigenvalue weighted by Crippen LogP contribution is -2.44. The van der Waals surface area contributed by atoms with Crippen molar-refractivity contribution in [1.29, 1.82) is 0 Å². The van der Waals surface area contributed by atoms with E-state index in [9.17, 15) is 9.59 Å². The molecule has 1 atom stereocenters. The van der Waals surface area contributed by atoms with Crippen molar-refractivity contribution >= 4 is 27.9 Å². The molecule has 6 heteroatoms. The number of imide groups is 1. The second-order valence-corrected chi connectivity index (χ2v) is 5.65. The lowest BCUT2D eigenvalue weighted by molar-refractivity contribution is -0.121. The number of rotatable bonds is 6. The zero-order valence-electron chi connectivity index (χ0n) is 12.6. The van der Waals surface area contributed by atoms with Crippen molar-refractivity contribution in [2.75, 3.05) is 20.1 Å². The Morgan fingerprint density at radius 1 is 1.33 bits per heavy atom. The molecule has 0 saturated heterocycles. The Labute approximate surface area is 134 Å². The quantitative estimate of drug-likeness (QED) is 0.824. The summed E-state index contributed by atoms with van der Waals surface area (Å²) in [5, 5.41) is 4.67. The lowest BCUT2D eigenvalue weighted by Gasteiger charge is -2.29. The number of amides is 3. The number of hydrogen-bond donors (Lipinski definition) is 2. The van der Waals surface area contributed by atoms with Crippen LogP contribution < -0.4 is 10.6 Å². The van der Waals surface area contributed by atoms with E-state index in [0.717, 1.165) is 23.0 Å². The third-order valence-corrected chi connectivity index (χ3v) is 3.96. The third kappa shape index (κ3) is 5.47. The van der Waals surface area contributed by atoms with Crippen molar-refractivity contribution in [3.8, 4) is 0 Å². The summed E-state index contributed by atoms with van der Waals surface area (Å²) in [6.07, 6.45) is 0.933. The summed E-state index contributed by atoms with van der Waals surface area (Å²) in [4.78, 5) is 25.1. The van der Waals surface area contributed by atoms with Crippen LogP contribution in [0.2, 0.25) is 0 Å². The van der Waals surface area contributed by atoms with Crippen molar-refractivity contribution in [3.63, 3.8) is 0 Å². The molecule has 5 nitrogen and oxygen atoms in total. The summed E-state index contributed by atoms with van der Waals surface area (Å²) in [7, 11) is 1.48. The van der Waals surface area contributed by atoms with Gasteiger partial charge in [0.2, 0.25) is 5.91 Å². The standard InChI is InChI=1S/C15H22BrN3O2/c1-4-9-19(10-14(20)18-15(21)17-3)11(2)12-7-5-6-8-13(12)16/h5-8,11H,4,9-10H2,1-3H3,(H2,17,18,20,21). The van der Waals surface area contributed by atoms with Gasteiger partial charge in [0, 0.05) is 17.6 Å². The highest BCUT2D eigenvalue weighted by Gasteiger charge is 2.20. The van der Waals surface area contributed by atoms with Crippen LogP contribution in [0, 0.1) is 0 Å². The maximum absolute atomic E-state index is 11.9. The number of hydrogen-bond acceptors (Lipinski definition) is 3. The Morgan fingerprint density at radius 2 is 2.00 bits per heavy atom. The monoisotopic (exact) mass is 355 g/mol. The Morgan fingerprint density at radius 3 is 2.57 bits per heavy atom. The van der Waals surface area contributed by atoms with Gasteiger partial charge in [0.25, 0.3) is 0 Å². The number of halogens is 1. The molecule has 1 aromatic carbocycles. The molecule has 0 aliphatic carbocycles. The highest BCUT2D eigenvalue weighted by Crippen LogP contribution is 2.27. The second kappa shape index (κ2) is 8.79. The van der Waals surface area contributed by atoms with Crippen LogP contribution in [0.4, 0.5) is 4.79 Å². The van der Waals surface area contributed by atoms with Gasteiger partial charge in [-0.2, -0.15) is 0 Å². The molecule has 0 heterocycles. The SMILES string of the molecule is CCCN(CC(=O)NC(=O)NC)C(C)c1ccccc1Br. The minimum Gasteiger partial charge on any atom is -0.341 e. The fourth-order valence-corrected chi connectivity index (χ4v) is 2.74. The molecule has 0 saturated carbocycles. The van der Waals surface area contributed by atoms with E-state index in [2.05, 4.69) is 45.3 Å². The highest BCUT2D eigenvalue weighted by molar-refractivity contribution is 9.10. The molecule has 0 radical (unpaired) electrons. The average molecular weight is 356 g/mol. The Kier molecular flexibility index (Phi) is 7.39. The van der Waals surface area contributed by atoms with Crippen LogP contribution in [-0.4, -0.2) is 37.0 Å². The van der Waals surface area contributed by atoms with Gasteiger partial charge in [-0.1, -0.05) is 41.1 Å². The number of carbonyl (C=O) groups is 2. The van der Waals surface area contributed by atoms with E-state index in [1.165, 1.54) is 7.05 Å². The maximum Gasteiger partial charge on any atom is 0.321 e. The number of carbonyl (C=O) groups excluding carboxylic acids is 2. The van der Waals surface area contributed by atoms with E-state index in [4.69, 9.17) is 0 Å². The van der Waals surface area contributed by atoms with E-state index >= 15 is 0 Å². The Balaban J connectivity index is 2.79. The van der Waals surface area contributed by atoms with Gasteiger partial charge in [0.15, 0.2) is 0 Å². The Hall–Kier alpha value is -1.40. The topological polar surface area (TPSA) is 61.4 Å². The van der Waals surface area contributed by atoms with Crippen molar-refractivity contribution < 1.29 is 9.59 Å². The predicted octanol–water partition coefficient (Wildman–Crippen LogP) is 2.68. The Bertz CT molecular complexity index is 494. The molecule has 0 bridgehead atoms. The summed E-state index contributed by atoms with van der Waals surface area (Å²) >= 11 is 3.54. The van der Waals surface area contributed by atoms with E-state index < -0.39 is 6.03 Å². The molecule has 3 amide bonds. The molecule has 0 aromatic heterocycles. The third-order valence-electron chi connectivity index (χ3n) is 3.24. The van der Waals surface area contributed by atoms with Gasteiger partial charge in [-0.05, 0) is 31.5 Å². The number of urea groups is 1. The van der Waals surface area contributed by atoms with Gasteiger partial charge in [-0.15, -0.1) is 0 Å². The summed E-state index contributed by atoms with van der Waals surface area (Å²) in [5.74, 6) is -0.304. The summed E-state index contributed by atoms with van der Waals surface area (Å²) in [6, 6.07) is 7.56. The number of benzene rings is 1. The van der Waals surface area contributed by atoms with Crippen LogP contribution in [0.1, 0.15) is 31.9 Å². The van der Waals surface area contributed by atoms with E-state index in [1.54, 1.807) is 0 Å². The van der Waals surface area contributed by atoms with E-state index in [-0.39, 0.29) is 18.5 Å². The van der Waals surface area contributed by atoms with Gasteiger partial charge in [-0.3, -0.25) is 15.0 Å². The maximum atomic E-state index is 11.9.